The van der Waals surface area contributed by atoms with Gasteiger partial charge in [0.25, 0.3) is 0 Å². The molecule has 1 saturated heterocycles. The van der Waals surface area contributed by atoms with E-state index in [1.807, 2.05) is 36.1 Å². The number of piperidine rings is 1. The van der Waals surface area contributed by atoms with Crippen LogP contribution in [0.3, 0.4) is 0 Å². The van der Waals surface area contributed by atoms with Crippen LogP contribution in [-0.2, 0) is 30.7 Å². The zero-order valence-corrected chi connectivity index (χ0v) is 25.6. The van der Waals surface area contributed by atoms with E-state index < -0.39 is 21.4 Å². The van der Waals surface area contributed by atoms with E-state index >= 15 is 0 Å². The number of aryl methyl sites for hydroxylation is 1. The Morgan fingerprint density at radius 1 is 1.07 bits per heavy atom. The minimum atomic E-state index is -3.40. The van der Waals surface area contributed by atoms with Gasteiger partial charge in [-0.2, -0.15) is 0 Å². The summed E-state index contributed by atoms with van der Waals surface area (Å²) < 4.78 is 30.1. The van der Waals surface area contributed by atoms with Crippen molar-refractivity contribution in [3.63, 3.8) is 0 Å². The highest BCUT2D eigenvalue weighted by Gasteiger charge is 2.49. The average Bonchev–Trinajstić information content (AvgIpc) is 3.16. The summed E-state index contributed by atoms with van der Waals surface area (Å²) in [6, 6.07) is 17.4. The molecule has 1 unspecified atom stereocenters. The van der Waals surface area contributed by atoms with Crippen molar-refractivity contribution < 1.29 is 22.7 Å². The van der Waals surface area contributed by atoms with Crippen molar-refractivity contribution in [2.75, 3.05) is 25.9 Å². The molecule has 0 aliphatic carbocycles. The molecule has 3 aromatic carbocycles. The number of likely N-dealkylation sites (tertiary alicyclic amines) is 1. The molecule has 220 valence electrons. The molecule has 8 nitrogen and oxygen atoms in total. The van der Waals surface area contributed by atoms with Crippen molar-refractivity contribution in [1.82, 2.24) is 10.2 Å². The second kappa shape index (κ2) is 11.7. The van der Waals surface area contributed by atoms with Gasteiger partial charge in [0, 0.05) is 35.0 Å². The Morgan fingerprint density at radius 3 is 2.57 bits per heavy atom. The van der Waals surface area contributed by atoms with Gasteiger partial charge in [0.15, 0.2) is 15.4 Å². The summed E-state index contributed by atoms with van der Waals surface area (Å²) in [6.07, 6.45) is 2.38. The first kappa shape index (κ1) is 30.1. The molecule has 11 heteroatoms. The van der Waals surface area contributed by atoms with Crippen molar-refractivity contribution in [3.05, 3.63) is 93.1 Å². The number of halogens is 2. The van der Waals surface area contributed by atoms with Gasteiger partial charge in [-0.25, -0.2) is 13.2 Å². The van der Waals surface area contributed by atoms with E-state index in [4.69, 9.17) is 33.7 Å². The molecular formula is C31H31Cl2N3O5S. The maximum absolute atomic E-state index is 13.3. The first-order chi connectivity index (χ1) is 19.9. The predicted octanol–water partition coefficient (Wildman–Crippen LogP) is 4.75. The summed E-state index contributed by atoms with van der Waals surface area (Å²) in [7, 11) is -3.40. The SMILES string of the molecule is Cc1cc(-c2cccc(S(C)(=O)=O)c2)c(Cl)cc1C1=C(N)C2(CCCN(CC(=O)NCc3ccccc3Cl)C2)OC1=O. The van der Waals surface area contributed by atoms with Crippen LogP contribution in [0.15, 0.2) is 71.3 Å². The molecule has 0 aromatic heterocycles. The molecule has 0 bridgehead atoms. The number of esters is 1. The minimum Gasteiger partial charge on any atom is -0.448 e. The van der Waals surface area contributed by atoms with Crippen LogP contribution in [0.5, 0.6) is 0 Å². The molecule has 2 aliphatic rings. The summed E-state index contributed by atoms with van der Waals surface area (Å²) in [5.74, 6) is -0.708. The zero-order chi connectivity index (χ0) is 30.2. The van der Waals surface area contributed by atoms with Gasteiger partial charge in [-0.3, -0.25) is 9.69 Å². The Bertz CT molecular complexity index is 1720. The Labute approximate surface area is 255 Å². The number of sulfone groups is 1. The van der Waals surface area contributed by atoms with E-state index in [0.717, 1.165) is 17.4 Å². The number of nitrogens with one attached hydrogen (secondary N) is 1. The summed E-state index contributed by atoms with van der Waals surface area (Å²) >= 11 is 12.9. The third-order valence-electron chi connectivity index (χ3n) is 7.74. The van der Waals surface area contributed by atoms with E-state index in [0.29, 0.717) is 58.4 Å². The van der Waals surface area contributed by atoms with Crippen molar-refractivity contribution >= 4 is 50.5 Å². The largest absolute Gasteiger partial charge is 0.448 e. The number of benzene rings is 3. The van der Waals surface area contributed by atoms with Crippen LogP contribution in [-0.4, -0.2) is 56.7 Å². The van der Waals surface area contributed by atoms with Crippen LogP contribution < -0.4 is 11.1 Å². The summed E-state index contributed by atoms with van der Waals surface area (Å²) in [5.41, 5.74) is 9.59. The first-order valence-corrected chi connectivity index (χ1v) is 16.1. The number of nitrogens with zero attached hydrogens (tertiary/aromatic N) is 1. The summed E-state index contributed by atoms with van der Waals surface area (Å²) in [5, 5.41) is 3.83. The molecule has 2 heterocycles. The predicted molar refractivity (Wildman–Crippen MR) is 164 cm³/mol. The Morgan fingerprint density at radius 2 is 1.83 bits per heavy atom. The lowest BCUT2D eigenvalue weighted by molar-refractivity contribution is -0.149. The topological polar surface area (TPSA) is 119 Å². The smallest absolute Gasteiger partial charge is 0.341 e. The van der Waals surface area contributed by atoms with Crippen molar-refractivity contribution in [3.8, 4) is 11.1 Å². The second-order valence-corrected chi connectivity index (χ2v) is 13.6. The Hall–Kier alpha value is -3.37. The van der Waals surface area contributed by atoms with E-state index in [9.17, 15) is 18.0 Å². The second-order valence-electron chi connectivity index (χ2n) is 10.8. The Balaban J connectivity index is 1.37. The number of amides is 1. The van der Waals surface area contributed by atoms with Crippen LogP contribution in [0.25, 0.3) is 16.7 Å². The monoisotopic (exact) mass is 627 g/mol. The van der Waals surface area contributed by atoms with Crippen LogP contribution in [0.1, 0.15) is 29.5 Å². The van der Waals surface area contributed by atoms with Crippen molar-refractivity contribution in [2.45, 2.75) is 36.8 Å². The fourth-order valence-electron chi connectivity index (χ4n) is 5.58. The first-order valence-electron chi connectivity index (χ1n) is 13.4. The van der Waals surface area contributed by atoms with Crippen LogP contribution >= 0.6 is 23.2 Å². The number of hydrogen-bond donors (Lipinski definition) is 2. The normalized spacial score (nSPS) is 19.3. The lowest BCUT2D eigenvalue weighted by Crippen LogP contribution is -2.53. The highest BCUT2D eigenvalue weighted by Crippen LogP contribution is 2.43. The maximum Gasteiger partial charge on any atom is 0.341 e. The molecule has 1 amide bonds. The van der Waals surface area contributed by atoms with E-state index in [1.165, 1.54) is 6.07 Å². The number of rotatable bonds is 7. The number of ether oxygens (including phenoxy) is 1. The molecule has 1 fully saturated rings. The Kier molecular flexibility index (Phi) is 8.40. The van der Waals surface area contributed by atoms with Crippen molar-refractivity contribution in [2.24, 2.45) is 5.73 Å². The van der Waals surface area contributed by atoms with Gasteiger partial charge < -0.3 is 15.8 Å². The van der Waals surface area contributed by atoms with E-state index in [2.05, 4.69) is 5.32 Å². The average molecular weight is 629 g/mol. The minimum absolute atomic E-state index is 0.123. The molecule has 5 rings (SSSR count). The zero-order valence-electron chi connectivity index (χ0n) is 23.2. The molecule has 1 atom stereocenters. The third kappa shape index (κ3) is 6.06. The van der Waals surface area contributed by atoms with Gasteiger partial charge in [0.2, 0.25) is 5.91 Å². The molecule has 0 saturated carbocycles. The van der Waals surface area contributed by atoms with Crippen molar-refractivity contribution in [1.29, 1.82) is 0 Å². The highest BCUT2D eigenvalue weighted by molar-refractivity contribution is 7.90. The number of carbonyl (C=O) groups is 2. The summed E-state index contributed by atoms with van der Waals surface area (Å²) in [4.78, 5) is 28.1. The van der Waals surface area contributed by atoms with Gasteiger partial charge in [-0.15, -0.1) is 0 Å². The van der Waals surface area contributed by atoms with E-state index in [-0.39, 0.29) is 29.5 Å². The molecule has 2 aliphatic heterocycles. The van der Waals surface area contributed by atoms with Gasteiger partial charge in [0.05, 0.1) is 22.7 Å². The highest BCUT2D eigenvalue weighted by atomic mass is 35.5. The van der Waals surface area contributed by atoms with Gasteiger partial charge in [-0.1, -0.05) is 53.5 Å². The molecule has 3 aromatic rings. The van der Waals surface area contributed by atoms with Gasteiger partial charge >= 0.3 is 5.97 Å². The van der Waals surface area contributed by atoms with Gasteiger partial charge in [0.1, 0.15) is 0 Å². The quantitative estimate of drug-likeness (QED) is 0.363. The molecular weight excluding hydrogens is 597 g/mol. The number of carbonyl (C=O) groups excluding carboxylic acids is 2. The van der Waals surface area contributed by atoms with E-state index in [1.54, 1.807) is 30.3 Å². The standard InChI is InChI=1S/C31H31Cl2N3O5S/c1-19-13-24(20-8-5-9-22(14-20)42(2,39)40)26(33)15-23(19)28-29(34)31(41-30(28)38)11-6-12-36(18-31)17-27(37)35-16-21-7-3-4-10-25(21)32/h3-5,7-10,13-15H,6,11-12,16-18,34H2,1-2H3,(H,35,37). The fourth-order valence-corrected chi connectivity index (χ4v) is 6.72. The maximum atomic E-state index is 13.3. The van der Waals surface area contributed by atoms with Crippen LogP contribution in [0, 0.1) is 6.92 Å². The third-order valence-corrected chi connectivity index (χ3v) is 9.54. The molecule has 42 heavy (non-hydrogen) atoms. The lowest BCUT2D eigenvalue weighted by atomic mass is 9.86. The van der Waals surface area contributed by atoms with Gasteiger partial charge in [-0.05, 0) is 78.9 Å². The van der Waals surface area contributed by atoms with Crippen LogP contribution in [0.4, 0.5) is 0 Å². The molecule has 0 radical (unpaired) electrons. The summed E-state index contributed by atoms with van der Waals surface area (Å²) in [6.45, 7) is 3.22. The number of hydrogen-bond acceptors (Lipinski definition) is 7. The number of nitrogens with two attached hydrogens (primary N) is 1. The lowest BCUT2D eigenvalue weighted by Gasteiger charge is -2.39. The van der Waals surface area contributed by atoms with Crippen LogP contribution in [0.2, 0.25) is 10.0 Å². The molecule has 3 N–H and O–H groups in total. The molecule has 1 spiro atoms. The fraction of sp³-hybridized carbons (Fsp3) is 0.290.